The van der Waals surface area contributed by atoms with Gasteiger partial charge in [-0.2, -0.15) is 0 Å². The van der Waals surface area contributed by atoms with Gasteiger partial charge in [0.25, 0.3) is 0 Å². The van der Waals surface area contributed by atoms with Gasteiger partial charge in [0.2, 0.25) is 0 Å². The number of anilines is 1. The number of hydrogen-bond donors (Lipinski definition) is 2. The van der Waals surface area contributed by atoms with Gasteiger partial charge in [-0.25, -0.2) is 0 Å². The first-order chi connectivity index (χ1) is 8.83. The average molecular weight is 262 g/mol. The average Bonchev–Trinajstić information content (AvgIpc) is 2.89. The van der Waals surface area contributed by atoms with E-state index in [1.807, 2.05) is 30.5 Å². The molecule has 1 fully saturated rings. The fourth-order valence-corrected chi connectivity index (χ4v) is 2.58. The van der Waals surface area contributed by atoms with E-state index >= 15 is 0 Å². The number of nitrogens with zero attached hydrogens (tertiary/aromatic N) is 1. The van der Waals surface area contributed by atoms with Gasteiger partial charge in [0, 0.05) is 28.8 Å². The molecule has 0 bridgehead atoms. The van der Waals surface area contributed by atoms with E-state index < -0.39 is 0 Å². The van der Waals surface area contributed by atoms with E-state index in [4.69, 9.17) is 11.6 Å². The number of aromatic nitrogens is 1. The molecule has 1 saturated heterocycles. The van der Waals surface area contributed by atoms with Crippen molar-refractivity contribution in [1.82, 2.24) is 10.3 Å². The van der Waals surface area contributed by atoms with Crippen LogP contribution in [-0.4, -0.2) is 24.6 Å². The smallest absolute Gasteiger partial charge is 0.0737 e. The lowest BCUT2D eigenvalue weighted by Crippen LogP contribution is -2.17. The van der Waals surface area contributed by atoms with E-state index in [0.29, 0.717) is 0 Å². The van der Waals surface area contributed by atoms with Crippen molar-refractivity contribution in [2.45, 2.75) is 6.42 Å². The van der Waals surface area contributed by atoms with Crippen molar-refractivity contribution in [3.05, 3.63) is 35.5 Å². The van der Waals surface area contributed by atoms with Gasteiger partial charge in [0.15, 0.2) is 0 Å². The molecule has 0 radical (unpaired) electrons. The van der Waals surface area contributed by atoms with Gasteiger partial charge in [0.05, 0.1) is 5.52 Å². The predicted molar refractivity (Wildman–Crippen MR) is 76.2 cm³/mol. The Labute approximate surface area is 112 Å². The maximum Gasteiger partial charge on any atom is 0.0737 e. The van der Waals surface area contributed by atoms with E-state index in [0.717, 1.165) is 47.2 Å². The highest BCUT2D eigenvalue weighted by Crippen LogP contribution is 2.24. The van der Waals surface area contributed by atoms with E-state index in [9.17, 15) is 0 Å². The van der Waals surface area contributed by atoms with E-state index in [1.165, 1.54) is 6.42 Å². The van der Waals surface area contributed by atoms with Crippen molar-refractivity contribution in [3.8, 4) is 0 Å². The molecule has 0 spiro atoms. The summed E-state index contributed by atoms with van der Waals surface area (Å²) in [6, 6.07) is 7.87. The van der Waals surface area contributed by atoms with Crippen molar-refractivity contribution < 1.29 is 0 Å². The normalized spacial score (nSPS) is 19.3. The van der Waals surface area contributed by atoms with Crippen LogP contribution in [0.5, 0.6) is 0 Å². The molecule has 2 heterocycles. The number of halogens is 1. The van der Waals surface area contributed by atoms with Crippen LogP contribution in [0.3, 0.4) is 0 Å². The number of benzene rings is 1. The lowest BCUT2D eigenvalue weighted by atomic mass is 10.1. The summed E-state index contributed by atoms with van der Waals surface area (Å²) in [6.07, 6.45) is 3.08. The first kappa shape index (κ1) is 11.8. The molecule has 0 saturated carbocycles. The molecule has 18 heavy (non-hydrogen) atoms. The monoisotopic (exact) mass is 261 g/mol. The Hall–Kier alpha value is -1.32. The zero-order chi connectivity index (χ0) is 12.4. The minimum absolute atomic E-state index is 0.723. The van der Waals surface area contributed by atoms with Crippen LogP contribution in [0, 0.1) is 5.92 Å². The molecular formula is C14H16ClN3. The molecule has 1 aromatic heterocycles. The van der Waals surface area contributed by atoms with Crippen molar-refractivity contribution in [3.63, 3.8) is 0 Å². The van der Waals surface area contributed by atoms with Gasteiger partial charge in [-0.15, -0.1) is 0 Å². The van der Waals surface area contributed by atoms with E-state index in [2.05, 4.69) is 15.6 Å². The molecule has 1 aliphatic rings. The Bertz CT molecular complexity index is 550. The Morgan fingerprint density at radius 2 is 2.33 bits per heavy atom. The molecule has 4 heteroatoms. The molecule has 2 aromatic rings. The number of nitrogens with one attached hydrogen (secondary N) is 2. The lowest BCUT2D eigenvalue weighted by molar-refractivity contribution is 0.616. The maximum absolute atomic E-state index is 5.98. The standard InChI is InChI=1S/C14H16ClN3/c15-11-1-2-12-13(4-6-17-14(12)7-11)18-9-10-3-5-16-8-10/h1-2,4,6-7,10,16H,3,5,8-9H2,(H,17,18). The van der Waals surface area contributed by atoms with Gasteiger partial charge >= 0.3 is 0 Å². The van der Waals surface area contributed by atoms with Crippen molar-refractivity contribution in [2.24, 2.45) is 5.92 Å². The minimum atomic E-state index is 0.723. The van der Waals surface area contributed by atoms with Crippen LogP contribution in [0.4, 0.5) is 5.69 Å². The number of pyridine rings is 1. The number of rotatable bonds is 3. The highest BCUT2D eigenvalue weighted by atomic mass is 35.5. The molecule has 1 aliphatic heterocycles. The summed E-state index contributed by atoms with van der Waals surface area (Å²) >= 11 is 5.98. The summed E-state index contributed by atoms with van der Waals surface area (Å²) in [5.74, 6) is 0.723. The van der Waals surface area contributed by atoms with Crippen molar-refractivity contribution in [1.29, 1.82) is 0 Å². The van der Waals surface area contributed by atoms with Crippen LogP contribution in [-0.2, 0) is 0 Å². The Morgan fingerprint density at radius 1 is 1.39 bits per heavy atom. The SMILES string of the molecule is Clc1ccc2c(NCC3CCNC3)ccnc2c1. The summed E-state index contributed by atoms with van der Waals surface area (Å²) in [5.41, 5.74) is 2.08. The molecular weight excluding hydrogens is 246 g/mol. The van der Waals surface area contributed by atoms with E-state index in [-0.39, 0.29) is 0 Å². The second-order valence-corrected chi connectivity index (χ2v) is 5.20. The zero-order valence-corrected chi connectivity index (χ0v) is 10.9. The van der Waals surface area contributed by atoms with Crippen molar-refractivity contribution >= 4 is 28.2 Å². The molecule has 3 nitrogen and oxygen atoms in total. The van der Waals surface area contributed by atoms with Crippen LogP contribution in [0.2, 0.25) is 5.02 Å². The summed E-state index contributed by atoms with van der Waals surface area (Å²) in [6.45, 7) is 3.26. The molecule has 0 amide bonds. The number of hydrogen-bond acceptors (Lipinski definition) is 3. The Balaban J connectivity index is 1.82. The molecule has 1 aromatic carbocycles. The Kier molecular flexibility index (Phi) is 3.35. The second-order valence-electron chi connectivity index (χ2n) is 4.76. The highest BCUT2D eigenvalue weighted by Gasteiger charge is 2.14. The molecule has 2 N–H and O–H groups in total. The summed E-state index contributed by atoms with van der Waals surface area (Å²) in [5, 5.41) is 8.77. The first-order valence-electron chi connectivity index (χ1n) is 6.32. The van der Waals surface area contributed by atoms with Crippen LogP contribution >= 0.6 is 11.6 Å². The quantitative estimate of drug-likeness (QED) is 0.892. The van der Waals surface area contributed by atoms with Crippen molar-refractivity contribution in [2.75, 3.05) is 25.0 Å². The topological polar surface area (TPSA) is 37.0 Å². The third kappa shape index (κ3) is 2.42. The van der Waals surface area contributed by atoms with Crippen LogP contribution in [0.25, 0.3) is 10.9 Å². The third-order valence-electron chi connectivity index (χ3n) is 3.45. The highest BCUT2D eigenvalue weighted by molar-refractivity contribution is 6.31. The molecule has 3 rings (SSSR count). The zero-order valence-electron chi connectivity index (χ0n) is 10.1. The third-order valence-corrected chi connectivity index (χ3v) is 3.68. The van der Waals surface area contributed by atoms with Crippen LogP contribution < -0.4 is 10.6 Å². The predicted octanol–water partition coefficient (Wildman–Crippen LogP) is 2.91. The van der Waals surface area contributed by atoms with Crippen LogP contribution in [0.15, 0.2) is 30.5 Å². The molecule has 1 atom stereocenters. The Morgan fingerprint density at radius 3 is 3.17 bits per heavy atom. The van der Waals surface area contributed by atoms with Gasteiger partial charge in [-0.05, 0) is 49.7 Å². The first-order valence-corrected chi connectivity index (χ1v) is 6.69. The number of fused-ring (bicyclic) bond motifs is 1. The molecule has 94 valence electrons. The summed E-state index contributed by atoms with van der Waals surface area (Å²) < 4.78 is 0. The lowest BCUT2D eigenvalue weighted by Gasteiger charge is -2.13. The van der Waals surface area contributed by atoms with Gasteiger partial charge in [-0.1, -0.05) is 11.6 Å². The maximum atomic E-state index is 5.98. The van der Waals surface area contributed by atoms with Gasteiger partial charge in [0.1, 0.15) is 0 Å². The molecule has 1 unspecified atom stereocenters. The summed E-state index contributed by atoms with van der Waals surface area (Å²) in [4.78, 5) is 4.35. The second kappa shape index (κ2) is 5.12. The summed E-state index contributed by atoms with van der Waals surface area (Å²) in [7, 11) is 0. The van der Waals surface area contributed by atoms with Gasteiger partial charge < -0.3 is 10.6 Å². The van der Waals surface area contributed by atoms with Gasteiger partial charge in [-0.3, -0.25) is 4.98 Å². The minimum Gasteiger partial charge on any atom is -0.384 e. The van der Waals surface area contributed by atoms with E-state index in [1.54, 1.807) is 0 Å². The fourth-order valence-electron chi connectivity index (χ4n) is 2.42. The fraction of sp³-hybridized carbons (Fsp3) is 0.357. The molecule has 0 aliphatic carbocycles. The van der Waals surface area contributed by atoms with Crippen LogP contribution in [0.1, 0.15) is 6.42 Å². The largest absolute Gasteiger partial charge is 0.384 e.